The van der Waals surface area contributed by atoms with Crippen molar-refractivity contribution in [2.45, 2.75) is 27.7 Å². The molecule has 2 amide bonds. The Hall–Kier alpha value is 0.690. The molecule has 0 heterocycles. The zero-order valence-electron chi connectivity index (χ0n) is 11.6. The highest BCUT2D eigenvalue weighted by atomic mass is 32.2. The van der Waals surface area contributed by atoms with Gasteiger partial charge in [-0.15, -0.1) is 0 Å². The minimum atomic E-state index is -0.206. The van der Waals surface area contributed by atoms with Gasteiger partial charge < -0.3 is 0 Å². The molecular formula is C10H20N2O2S5. The molecule has 0 aromatic carbocycles. The van der Waals surface area contributed by atoms with Crippen molar-refractivity contribution in [1.29, 1.82) is 0 Å². The van der Waals surface area contributed by atoms with E-state index in [0.29, 0.717) is 0 Å². The summed E-state index contributed by atoms with van der Waals surface area (Å²) in [5, 5.41) is -0.413. The Morgan fingerprint density at radius 1 is 0.684 bits per heavy atom. The van der Waals surface area contributed by atoms with E-state index >= 15 is 0 Å². The van der Waals surface area contributed by atoms with E-state index in [1.54, 1.807) is 7.42 Å². The van der Waals surface area contributed by atoms with Gasteiger partial charge in [0.2, 0.25) is 0 Å². The molecule has 0 radical (unpaired) electrons. The van der Waals surface area contributed by atoms with Crippen LogP contribution in [0.2, 0.25) is 0 Å². The summed E-state index contributed by atoms with van der Waals surface area (Å²) in [5.74, 6) is 3.24. The van der Waals surface area contributed by atoms with Crippen molar-refractivity contribution in [2.24, 2.45) is 0 Å². The monoisotopic (exact) mass is 360 g/mol. The third kappa shape index (κ3) is 8.54. The summed E-state index contributed by atoms with van der Waals surface area (Å²) < 4.78 is 3.18. The Kier molecular flexibility index (Phi) is 12.9. The molecule has 0 aliphatic carbocycles. The third-order valence-corrected chi connectivity index (χ3v) is 6.53. The lowest BCUT2D eigenvalue weighted by Crippen LogP contribution is -2.20. The Bertz CT molecular complexity index is 243. The fraction of sp³-hybridized carbons (Fsp3) is 0.800. The maximum Gasteiger partial charge on any atom is 0.311 e. The van der Waals surface area contributed by atoms with Gasteiger partial charge in [0.1, 0.15) is 0 Å². The second-order valence-electron chi connectivity index (χ2n) is 2.82. The molecule has 19 heavy (non-hydrogen) atoms. The molecule has 0 saturated heterocycles. The molecule has 0 bridgehead atoms. The molecule has 0 aliphatic rings. The second kappa shape index (κ2) is 12.4. The van der Waals surface area contributed by atoms with Gasteiger partial charge in [0, 0.05) is 34.8 Å². The normalized spacial score (nSPS) is 10.3. The fourth-order valence-corrected chi connectivity index (χ4v) is 5.50. The first-order valence-electron chi connectivity index (χ1n) is 5.98. The molecule has 0 aliphatic heterocycles. The molecule has 112 valence electrons. The average Bonchev–Trinajstić information content (AvgIpc) is 2.38. The minimum absolute atomic E-state index is 0.206. The topological polar surface area (TPSA) is 40.6 Å². The van der Waals surface area contributed by atoms with Crippen LogP contribution in [0.25, 0.3) is 0 Å². The summed E-state index contributed by atoms with van der Waals surface area (Å²) >= 11 is 6.49. The Labute approximate surface area is 137 Å². The van der Waals surface area contributed by atoms with Gasteiger partial charge in [0.25, 0.3) is 0 Å². The van der Waals surface area contributed by atoms with Crippen LogP contribution >= 0.6 is 59.6 Å². The van der Waals surface area contributed by atoms with Crippen LogP contribution in [0.4, 0.5) is 9.59 Å². The van der Waals surface area contributed by atoms with Crippen molar-refractivity contribution in [1.82, 2.24) is 7.42 Å². The standard InChI is InChI=1S/C10H20N2O2S5/c1-5-15-11(16-6-2)9(13)19-10(14)12(17-7-3)18-8-4/h5-8H2,1-4H3. The van der Waals surface area contributed by atoms with E-state index in [1.165, 1.54) is 47.8 Å². The van der Waals surface area contributed by atoms with Crippen molar-refractivity contribution >= 4 is 70.0 Å². The first-order chi connectivity index (χ1) is 9.10. The van der Waals surface area contributed by atoms with E-state index in [9.17, 15) is 9.59 Å². The van der Waals surface area contributed by atoms with Crippen molar-refractivity contribution in [3.63, 3.8) is 0 Å². The Balaban J connectivity index is 4.43. The van der Waals surface area contributed by atoms with Crippen LogP contribution in [0, 0.1) is 0 Å². The van der Waals surface area contributed by atoms with Crippen molar-refractivity contribution in [3.05, 3.63) is 0 Å². The van der Waals surface area contributed by atoms with Crippen molar-refractivity contribution in [2.75, 3.05) is 23.0 Å². The average molecular weight is 361 g/mol. The quantitative estimate of drug-likeness (QED) is 0.548. The van der Waals surface area contributed by atoms with Gasteiger partial charge >= 0.3 is 10.5 Å². The second-order valence-corrected chi connectivity index (χ2v) is 8.99. The number of thioether (sulfide) groups is 1. The number of hydrogen-bond acceptors (Lipinski definition) is 7. The number of amides is 2. The molecule has 0 aromatic rings. The zero-order chi connectivity index (χ0) is 14.7. The lowest BCUT2D eigenvalue weighted by atomic mass is 11.0. The SMILES string of the molecule is CCSN(SCC)C(=O)SC(=O)N(SCC)SCC. The van der Waals surface area contributed by atoms with Crippen LogP contribution in [-0.4, -0.2) is 40.9 Å². The zero-order valence-corrected chi connectivity index (χ0v) is 15.7. The lowest BCUT2D eigenvalue weighted by molar-refractivity contribution is 0.255. The van der Waals surface area contributed by atoms with Gasteiger partial charge in [0.05, 0.1) is 0 Å². The van der Waals surface area contributed by atoms with E-state index in [4.69, 9.17) is 0 Å². The summed E-state index contributed by atoms with van der Waals surface area (Å²) in [6.07, 6.45) is 0. The maximum absolute atomic E-state index is 12.0. The molecule has 0 aromatic heterocycles. The highest BCUT2D eigenvalue weighted by Crippen LogP contribution is 2.32. The van der Waals surface area contributed by atoms with Crippen molar-refractivity contribution < 1.29 is 9.59 Å². The molecule has 4 nitrogen and oxygen atoms in total. The molecule has 0 fully saturated rings. The van der Waals surface area contributed by atoms with E-state index in [-0.39, 0.29) is 10.5 Å². The predicted octanol–water partition coefficient (Wildman–Crippen LogP) is 5.24. The Morgan fingerprint density at radius 2 is 0.947 bits per heavy atom. The van der Waals surface area contributed by atoms with Crippen molar-refractivity contribution in [3.8, 4) is 0 Å². The number of carbonyl (C=O) groups is 2. The number of rotatable bonds is 8. The molecule has 0 atom stereocenters. The molecular weight excluding hydrogens is 340 g/mol. The summed E-state index contributed by atoms with van der Waals surface area (Å²) in [5.41, 5.74) is 0. The molecule has 0 rings (SSSR count). The van der Waals surface area contributed by atoms with Gasteiger partial charge in [-0.05, 0) is 47.8 Å². The minimum Gasteiger partial charge on any atom is -0.259 e. The third-order valence-electron chi connectivity index (χ3n) is 1.46. The first-order valence-corrected chi connectivity index (χ1v) is 10.6. The van der Waals surface area contributed by atoms with Gasteiger partial charge in [-0.25, -0.2) is 7.42 Å². The van der Waals surface area contributed by atoms with Crippen LogP contribution in [0.3, 0.4) is 0 Å². The van der Waals surface area contributed by atoms with Gasteiger partial charge in [-0.3, -0.25) is 9.59 Å². The smallest absolute Gasteiger partial charge is 0.259 e. The van der Waals surface area contributed by atoms with Crippen LogP contribution in [0.1, 0.15) is 27.7 Å². The van der Waals surface area contributed by atoms with Crippen LogP contribution in [-0.2, 0) is 0 Å². The van der Waals surface area contributed by atoms with Crippen LogP contribution in [0.5, 0.6) is 0 Å². The number of carbonyl (C=O) groups excluding carboxylic acids is 2. The first kappa shape index (κ1) is 19.7. The summed E-state index contributed by atoms with van der Waals surface area (Å²) in [4.78, 5) is 24.1. The van der Waals surface area contributed by atoms with Gasteiger partial charge in [0.15, 0.2) is 0 Å². The fourth-order valence-electron chi connectivity index (χ4n) is 0.904. The maximum atomic E-state index is 12.0. The highest BCUT2D eigenvalue weighted by molar-refractivity contribution is 8.30. The number of nitrogens with zero attached hydrogens (tertiary/aromatic N) is 2. The van der Waals surface area contributed by atoms with Gasteiger partial charge in [-0.2, -0.15) is 0 Å². The van der Waals surface area contributed by atoms with Crippen LogP contribution < -0.4 is 0 Å². The van der Waals surface area contributed by atoms with E-state index < -0.39 is 0 Å². The summed E-state index contributed by atoms with van der Waals surface area (Å²) in [6, 6.07) is 0. The number of hydrogen-bond donors (Lipinski definition) is 0. The molecule has 9 heteroatoms. The van der Waals surface area contributed by atoms with E-state index in [0.717, 1.165) is 34.8 Å². The Morgan fingerprint density at radius 3 is 1.16 bits per heavy atom. The van der Waals surface area contributed by atoms with Crippen LogP contribution in [0.15, 0.2) is 0 Å². The molecule has 0 unspecified atom stereocenters. The summed E-state index contributed by atoms with van der Waals surface area (Å²) in [6.45, 7) is 7.94. The lowest BCUT2D eigenvalue weighted by Gasteiger charge is -2.20. The molecule has 0 N–H and O–H groups in total. The highest BCUT2D eigenvalue weighted by Gasteiger charge is 2.23. The largest absolute Gasteiger partial charge is 0.311 e. The predicted molar refractivity (Wildman–Crippen MR) is 94.6 cm³/mol. The van der Waals surface area contributed by atoms with E-state index in [2.05, 4.69) is 0 Å². The summed E-state index contributed by atoms with van der Waals surface area (Å²) in [7, 11) is 0. The molecule has 0 saturated carbocycles. The molecule has 0 spiro atoms. The van der Waals surface area contributed by atoms with E-state index in [1.807, 2.05) is 27.7 Å². The van der Waals surface area contributed by atoms with Gasteiger partial charge in [-0.1, -0.05) is 27.7 Å².